The normalized spacial score (nSPS) is 27.0. The van der Waals surface area contributed by atoms with Crippen LogP contribution in [0.1, 0.15) is 53.4 Å². The smallest absolute Gasteiger partial charge is 0.410 e. The van der Waals surface area contributed by atoms with Gasteiger partial charge in [-0.1, -0.05) is 0 Å². The maximum atomic E-state index is 12.3. The summed E-state index contributed by atoms with van der Waals surface area (Å²) in [6, 6.07) is 0. The van der Waals surface area contributed by atoms with E-state index in [2.05, 4.69) is 0 Å². The largest absolute Gasteiger partial charge is 0.498 e. The molecule has 0 aromatic rings. The van der Waals surface area contributed by atoms with Gasteiger partial charge in [0, 0.05) is 20.1 Å². The molecule has 2 atom stereocenters. The lowest BCUT2D eigenvalue weighted by Crippen LogP contribution is -2.58. The molecule has 2 unspecified atom stereocenters. The molecule has 2 rings (SSSR count). The van der Waals surface area contributed by atoms with E-state index in [1.54, 1.807) is 12.0 Å². The van der Waals surface area contributed by atoms with E-state index < -0.39 is 17.3 Å². The van der Waals surface area contributed by atoms with Crippen molar-refractivity contribution in [1.82, 2.24) is 4.90 Å². The molecule has 6 heteroatoms. The Morgan fingerprint density at radius 2 is 2.04 bits per heavy atom. The SMILES string of the molecule is CCOC(CC1(O)CCN(C(=O)OC(C)(C)C)CC1OC)=C1CC1. The lowest BCUT2D eigenvalue weighted by molar-refractivity contribution is -0.135. The Kier molecular flexibility index (Phi) is 5.81. The first-order valence-corrected chi connectivity index (χ1v) is 8.75. The zero-order valence-electron chi connectivity index (χ0n) is 15.6. The molecule has 138 valence electrons. The van der Waals surface area contributed by atoms with Gasteiger partial charge in [0.2, 0.25) is 0 Å². The van der Waals surface area contributed by atoms with Crippen LogP contribution in [0.25, 0.3) is 0 Å². The number of hydrogen-bond acceptors (Lipinski definition) is 5. The summed E-state index contributed by atoms with van der Waals surface area (Å²) in [6.07, 6.45) is 2.15. The lowest BCUT2D eigenvalue weighted by atomic mass is 9.84. The number of nitrogens with zero attached hydrogens (tertiary/aromatic N) is 1. The molecule has 1 saturated heterocycles. The predicted octanol–water partition coefficient (Wildman–Crippen LogP) is 2.85. The van der Waals surface area contributed by atoms with Gasteiger partial charge in [-0.2, -0.15) is 0 Å². The Bertz CT molecular complexity index is 490. The molecule has 1 heterocycles. The minimum absolute atomic E-state index is 0.316. The third kappa shape index (κ3) is 4.86. The summed E-state index contributed by atoms with van der Waals surface area (Å²) >= 11 is 0. The van der Waals surface area contributed by atoms with Gasteiger partial charge >= 0.3 is 6.09 Å². The second-order valence-corrected chi connectivity index (χ2v) is 7.64. The highest BCUT2D eigenvalue weighted by atomic mass is 16.6. The van der Waals surface area contributed by atoms with Gasteiger partial charge in [-0.25, -0.2) is 4.79 Å². The van der Waals surface area contributed by atoms with Crippen molar-refractivity contribution in [3.8, 4) is 0 Å². The van der Waals surface area contributed by atoms with E-state index >= 15 is 0 Å². The van der Waals surface area contributed by atoms with E-state index in [0.29, 0.717) is 32.5 Å². The molecule has 1 aliphatic carbocycles. The molecule has 0 bridgehead atoms. The van der Waals surface area contributed by atoms with Crippen molar-refractivity contribution in [2.45, 2.75) is 70.7 Å². The van der Waals surface area contributed by atoms with E-state index in [9.17, 15) is 9.90 Å². The first kappa shape index (κ1) is 19.1. The fourth-order valence-electron chi connectivity index (χ4n) is 3.01. The highest BCUT2D eigenvalue weighted by Crippen LogP contribution is 2.39. The monoisotopic (exact) mass is 341 g/mol. The summed E-state index contributed by atoms with van der Waals surface area (Å²) < 4.78 is 16.7. The quantitative estimate of drug-likeness (QED) is 0.779. The van der Waals surface area contributed by atoms with Crippen molar-refractivity contribution < 1.29 is 24.1 Å². The summed E-state index contributed by atoms with van der Waals surface area (Å²) in [5.41, 5.74) is -0.270. The molecule has 1 aliphatic heterocycles. The number of amides is 1. The van der Waals surface area contributed by atoms with Crippen molar-refractivity contribution in [3.63, 3.8) is 0 Å². The summed E-state index contributed by atoms with van der Waals surface area (Å²) in [5.74, 6) is 0.896. The second kappa shape index (κ2) is 7.31. The highest BCUT2D eigenvalue weighted by molar-refractivity contribution is 5.68. The number of methoxy groups -OCH3 is 1. The van der Waals surface area contributed by atoms with Gasteiger partial charge in [-0.15, -0.1) is 0 Å². The maximum absolute atomic E-state index is 12.3. The van der Waals surface area contributed by atoms with Gasteiger partial charge in [0.25, 0.3) is 0 Å². The third-order valence-corrected chi connectivity index (χ3v) is 4.42. The molecular weight excluding hydrogens is 310 g/mol. The molecule has 2 fully saturated rings. The summed E-state index contributed by atoms with van der Waals surface area (Å²) in [5, 5.41) is 11.1. The number of piperidine rings is 1. The Morgan fingerprint density at radius 3 is 2.54 bits per heavy atom. The number of allylic oxidation sites excluding steroid dienone is 1. The van der Waals surface area contributed by atoms with Crippen LogP contribution in [0.3, 0.4) is 0 Å². The second-order valence-electron chi connectivity index (χ2n) is 7.64. The molecule has 1 N–H and O–H groups in total. The number of aliphatic hydroxyl groups is 1. The molecule has 1 saturated carbocycles. The van der Waals surface area contributed by atoms with Crippen LogP contribution in [0, 0.1) is 0 Å². The van der Waals surface area contributed by atoms with Gasteiger partial charge in [0.1, 0.15) is 17.3 Å². The average Bonchev–Trinajstić information content (AvgIpc) is 3.30. The van der Waals surface area contributed by atoms with E-state index in [-0.39, 0.29) is 6.09 Å². The zero-order valence-corrected chi connectivity index (χ0v) is 15.6. The number of hydrogen-bond donors (Lipinski definition) is 1. The van der Waals surface area contributed by atoms with E-state index in [1.165, 1.54) is 5.57 Å². The fraction of sp³-hybridized carbons (Fsp3) is 0.833. The predicted molar refractivity (Wildman–Crippen MR) is 90.7 cm³/mol. The molecule has 2 aliphatic rings. The van der Waals surface area contributed by atoms with Crippen molar-refractivity contribution in [2.75, 3.05) is 26.8 Å². The average molecular weight is 341 g/mol. The Hall–Kier alpha value is -1.27. The standard InChI is InChI=1S/C18H31NO5/c1-6-23-14(13-7-8-13)11-18(21)9-10-19(12-15(18)22-5)16(20)24-17(2,3)4/h15,21H,6-12H2,1-5H3. The summed E-state index contributed by atoms with van der Waals surface area (Å²) in [4.78, 5) is 13.9. The third-order valence-electron chi connectivity index (χ3n) is 4.42. The van der Waals surface area contributed by atoms with Gasteiger partial charge < -0.3 is 24.2 Å². The van der Waals surface area contributed by atoms with Crippen molar-refractivity contribution in [2.24, 2.45) is 0 Å². The van der Waals surface area contributed by atoms with E-state index in [1.807, 2.05) is 27.7 Å². The van der Waals surface area contributed by atoms with Crippen LogP contribution in [-0.4, -0.2) is 60.2 Å². The zero-order chi connectivity index (χ0) is 18.0. The summed E-state index contributed by atoms with van der Waals surface area (Å²) in [7, 11) is 1.57. The van der Waals surface area contributed by atoms with Gasteiger partial charge in [0.05, 0.1) is 18.9 Å². The minimum atomic E-state index is -1.02. The first-order chi connectivity index (χ1) is 11.2. The Balaban J connectivity index is 2.04. The molecule has 0 spiro atoms. The van der Waals surface area contributed by atoms with Crippen LogP contribution in [0.5, 0.6) is 0 Å². The Morgan fingerprint density at radius 1 is 1.38 bits per heavy atom. The van der Waals surface area contributed by atoms with Crippen LogP contribution in [0.15, 0.2) is 11.3 Å². The van der Waals surface area contributed by atoms with E-state index in [0.717, 1.165) is 18.6 Å². The molecular formula is C18H31NO5. The van der Waals surface area contributed by atoms with Crippen LogP contribution in [0.4, 0.5) is 4.79 Å². The van der Waals surface area contributed by atoms with Crippen molar-refractivity contribution >= 4 is 6.09 Å². The van der Waals surface area contributed by atoms with Gasteiger partial charge in [-0.3, -0.25) is 0 Å². The molecule has 0 aromatic heterocycles. The van der Waals surface area contributed by atoms with E-state index in [4.69, 9.17) is 14.2 Å². The number of carbonyl (C=O) groups is 1. The molecule has 0 radical (unpaired) electrons. The van der Waals surface area contributed by atoms with Crippen LogP contribution < -0.4 is 0 Å². The number of carbonyl (C=O) groups excluding carboxylic acids is 1. The van der Waals surface area contributed by atoms with Crippen molar-refractivity contribution in [1.29, 1.82) is 0 Å². The van der Waals surface area contributed by atoms with Crippen molar-refractivity contribution in [3.05, 3.63) is 11.3 Å². The maximum Gasteiger partial charge on any atom is 0.410 e. The first-order valence-electron chi connectivity index (χ1n) is 8.75. The topological polar surface area (TPSA) is 68.2 Å². The minimum Gasteiger partial charge on any atom is -0.498 e. The molecule has 1 amide bonds. The summed E-state index contributed by atoms with van der Waals surface area (Å²) in [6.45, 7) is 8.83. The highest BCUT2D eigenvalue weighted by Gasteiger charge is 2.45. The molecule has 24 heavy (non-hydrogen) atoms. The molecule has 0 aromatic carbocycles. The van der Waals surface area contributed by atoms with Gasteiger partial charge in [-0.05, 0) is 52.5 Å². The van der Waals surface area contributed by atoms with Crippen LogP contribution >= 0.6 is 0 Å². The lowest BCUT2D eigenvalue weighted by Gasteiger charge is -2.44. The van der Waals surface area contributed by atoms with Crippen LogP contribution in [0.2, 0.25) is 0 Å². The Labute approximate surface area is 144 Å². The van der Waals surface area contributed by atoms with Crippen LogP contribution in [-0.2, 0) is 14.2 Å². The van der Waals surface area contributed by atoms with Gasteiger partial charge in [0.15, 0.2) is 0 Å². The fourth-order valence-corrected chi connectivity index (χ4v) is 3.01. The number of rotatable bonds is 5. The number of likely N-dealkylation sites (tertiary alicyclic amines) is 1. The number of ether oxygens (including phenoxy) is 3. The molecule has 6 nitrogen and oxygen atoms in total.